The van der Waals surface area contributed by atoms with E-state index in [2.05, 4.69) is 29.2 Å². The molecular weight excluding hydrogens is 463 g/mol. The Kier molecular flexibility index (Phi) is 7.78. The second-order valence-electron chi connectivity index (χ2n) is 7.89. The average molecular weight is 489 g/mol. The van der Waals surface area contributed by atoms with Crippen LogP contribution in [-0.4, -0.2) is 57.0 Å². The Bertz CT molecular complexity index is 1120. The van der Waals surface area contributed by atoms with Crippen LogP contribution >= 0.6 is 11.6 Å². The van der Waals surface area contributed by atoms with E-state index in [4.69, 9.17) is 16.3 Å². The zero-order chi connectivity index (χ0) is 23.3. The molecule has 1 fully saturated rings. The molecule has 0 amide bonds. The van der Waals surface area contributed by atoms with E-state index < -0.39 is 15.8 Å². The molecule has 33 heavy (non-hydrogen) atoms. The number of hydrogen-bond acceptors (Lipinski definition) is 4. The highest BCUT2D eigenvalue weighted by molar-refractivity contribution is 7.89. The number of hydrogen-bond donors (Lipinski definition) is 0. The molecule has 1 heterocycles. The highest BCUT2D eigenvalue weighted by atomic mass is 35.5. The Balaban J connectivity index is 1.33. The van der Waals surface area contributed by atoms with Crippen molar-refractivity contribution in [1.29, 1.82) is 0 Å². The molecule has 4 rings (SSSR count). The number of sulfonamides is 1. The molecule has 3 aromatic carbocycles. The number of halogens is 2. The molecule has 0 aromatic heterocycles. The minimum Gasteiger partial charge on any atom is -0.367 e. The van der Waals surface area contributed by atoms with Crippen LogP contribution in [0.4, 0.5) is 4.39 Å². The Morgan fingerprint density at radius 2 is 1.45 bits per heavy atom. The van der Waals surface area contributed by atoms with Crippen LogP contribution in [0.1, 0.15) is 17.2 Å². The van der Waals surface area contributed by atoms with Gasteiger partial charge in [0.25, 0.3) is 0 Å². The van der Waals surface area contributed by atoms with E-state index in [1.807, 2.05) is 36.4 Å². The normalized spacial score (nSPS) is 15.7. The largest absolute Gasteiger partial charge is 0.367 e. The first-order chi connectivity index (χ1) is 15.9. The van der Waals surface area contributed by atoms with Crippen LogP contribution in [0, 0.1) is 5.82 Å². The third kappa shape index (κ3) is 5.80. The quantitative estimate of drug-likeness (QED) is 0.465. The van der Waals surface area contributed by atoms with Gasteiger partial charge in [0, 0.05) is 32.7 Å². The van der Waals surface area contributed by atoms with E-state index >= 15 is 0 Å². The van der Waals surface area contributed by atoms with Gasteiger partial charge < -0.3 is 4.74 Å². The Labute approximate surface area is 199 Å². The summed E-state index contributed by atoms with van der Waals surface area (Å²) in [4.78, 5) is 2.13. The van der Waals surface area contributed by atoms with Crippen LogP contribution in [0.2, 0.25) is 5.02 Å². The molecule has 1 saturated heterocycles. The highest BCUT2D eigenvalue weighted by Crippen LogP contribution is 2.27. The summed E-state index contributed by atoms with van der Waals surface area (Å²) in [6, 6.07) is 23.6. The average Bonchev–Trinajstić information content (AvgIpc) is 2.83. The van der Waals surface area contributed by atoms with Crippen molar-refractivity contribution in [2.45, 2.75) is 11.0 Å². The van der Waals surface area contributed by atoms with Crippen LogP contribution in [0.5, 0.6) is 0 Å². The van der Waals surface area contributed by atoms with Gasteiger partial charge >= 0.3 is 0 Å². The molecule has 1 aliphatic rings. The maximum absolute atomic E-state index is 13.3. The second kappa shape index (κ2) is 10.8. The van der Waals surface area contributed by atoms with Gasteiger partial charge in [-0.3, -0.25) is 4.90 Å². The van der Waals surface area contributed by atoms with Gasteiger partial charge in [0.15, 0.2) is 0 Å². The first-order valence-electron chi connectivity index (χ1n) is 10.8. The van der Waals surface area contributed by atoms with Gasteiger partial charge in [0.05, 0.1) is 11.6 Å². The maximum Gasteiger partial charge on any atom is 0.244 e. The van der Waals surface area contributed by atoms with Crippen LogP contribution in [-0.2, 0) is 14.8 Å². The van der Waals surface area contributed by atoms with E-state index in [9.17, 15) is 12.8 Å². The van der Waals surface area contributed by atoms with Crippen molar-refractivity contribution < 1.29 is 17.5 Å². The summed E-state index contributed by atoms with van der Waals surface area (Å²) in [5, 5.41) is -0.0984. The molecule has 0 unspecified atom stereocenters. The summed E-state index contributed by atoms with van der Waals surface area (Å²) in [7, 11) is -3.76. The molecule has 0 aliphatic carbocycles. The molecule has 0 N–H and O–H groups in total. The van der Waals surface area contributed by atoms with Gasteiger partial charge in [0.1, 0.15) is 16.8 Å². The van der Waals surface area contributed by atoms with Crippen molar-refractivity contribution in [2.75, 3.05) is 39.3 Å². The zero-order valence-corrected chi connectivity index (χ0v) is 19.7. The van der Waals surface area contributed by atoms with Gasteiger partial charge in [-0.15, -0.1) is 0 Å². The molecule has 1 aliphatic heterocycles. The molecule has 174 valence electrons. The van der Waals surface area contributed by atoms with Gasteiger partial charge in [0.2, 0.25) is 10.0 Å². The molecule has 0 saturated carbocycles. The fourth-order valence-electron chi connectivity index (χ4n) is 3.96. The molecule has 3 aromatic rings. The van der Waals surface area contributed by atoms with Crippen LogP contribution in [0.3, 0.4) is 0 Å². The predicted octanol–water partition coefficient (Wildman–Crippen LogP) is 4.59. The van der Waals surface area contributed by atoms with Crippen molar-refractivity contribution in [3.8, 4) is 0 Å². The molecule has 0 bridgehead atoms. The summed E-state index contributed by atoms with van der Waals surface area (Å²) in [5.41, 5.74) is 2.19. The summed E-state index contributed by atoms with van der Waals surface area (Å²) in [5.74, 6) is -0.562. The van der Waals surface area contributed by atoms with Crippen LogP contribution in [0.15, 0.2) is 83.8 Å². The van der Waals surface area contributed by atoms with Gasteiger partial charge in [-0.25, -0.2) is 12.8 Å². The second-order valence-corrected chi connectivity index (χ2v) is 10.2. The van der Waals surface area contributed by atoms with E-state index in [0.29, 0.717) is 39.3 Å². The van der Waals surface area contributed by atoms with Crippen molar-refractivity contribution in [3.63, 3.8) is 0 Å². The highest BCUT2D eigenvalue weighted by Gasteiger charge is 2.30. The smallest absolute Gasteiger partial charge is 0.244 e. The first-order valence-corrected chi connectivity index (χ1v) is 12.7. The Morgan fingerprint density at radius 3 is 2.00 bits per heavy atom. The van der Waals surface area contributed by atoms with E-state index in [0.717, 1.165) is 23.3 Å². The van der Waals surface area contributed by atoms with E-state index in [1.165, 1.54) is 10.4 Å². The van der Waals surface area contributed by atoms with E-state index in [1.54, 1.807) is 0 Å². The maximum atomic E-state index is 13.3. The van der Waals surface area contributed by atoms with Crippen LogP contribution in [0.25, 0.3) is 0 Å². The van der Waals surface area contributed by atoms with Crippen molar-refractivity contribution in [2.24, 2.45) is 0 Å². The number of piperazine rings is 1. The number of ether oxygens (including phenoxy) is 1. The topological polar surface area (TPSA) is 49.9 Å². The van der Waals surface area contributed by atoms with E-state index in [-0.39, 0.29) is 16.0 Å². The SMILES string of the molecule is O=S(=O)(c1ccc(F)cc1Cl)N1CCN(CCOC(c2ccccc2)c2ccccc2)CC1. The Hall–Kier alpha value is -2.29. The number of nitrogens with zero attached hydrogens (tertiary/aromatic N) is 2. The zero-order valence-electron chi connectivity index (χ0n) is 18.1. The summed E-state index contributed by atoms with van der Waals surface area (Å²) in [6.07, 6.45) is -0.158. The molecular formula is C25H26ClFN2O3S. The standard InChI is InChI=1S/C25H26ClFN2O3S/c26-23-19-22(27)11-12-24(23)33(30,31)29-15-13-28(14-16-29)17-18-32-25(20-7-3-1-4-8-20)21-9-5-2-6-10-21/h1-12,19,25H,13-18H2. The minimum absolute atomic E-state index is 0.0593. The third-order valence-corrected chi connectivity index (χ3v) is 8.12. The monoisotopic (exact) mass is 488 g/mol. The van der Waals surface area contributed by atoms with Crippen molar-refractivity contribution in [3.05, 3.63) is 101 Å². The fraction of sp³-hybridized carbons (Fsp3) is 0.280. The third-order valence-electron chi connectivity index (χ3n) is 5.74. The minimum atomic E-state index is -3.76. The number of benzene rings is 3. The van der Waals surface area contributed by atoms with Crippen molar-refractivity contribution >= 4 is 21.6 Å². The number of rotatable bonds is 8. The summed E-state index contributed by atoms with van der Waals surface area (Å²) >= 11 is 5.99. The molecule has 0 atom stereocenters. The molecule has 0 radical (unpaired) electrons. The summed E-state index contributed by atoms with van der Waals surface area (Å²) < 4.78 is 46.8. The molecule has 8 heteroatoms. The lowest BCUT2D eigenvalue weighted by Crippen LogP contribution is -2.49. The predicted molar refractivity (Wildman–Crippen MR) is 127 cm³/mol. The van der Waals surface area contributed by atoms with Gasteiger partial charge in [-0.2, -0.15) is 4.31 Å². The molecule has 5 nitrogen and oxygen atoms in total. The lowest BCUT2D eigenvalue weighted by atomic mass is 10.0. The fourth-order valence-corrected chi connectivity index (χ4v) is 5.88. The lowest BCUT2D eigenvalue weighted by molar-refractivity contribution is 0.0527. The van der Waals surface area contributed by atoms with Gasteiger partial charge in [-0.1, -0.05) is 72.3 Å². The Morgan fingerprint density at radius 1 is 0.879 bits per heavy atom. The van der Waals surface area contributed by atoms with Crippen LogP contribution < -0.4 is 0 Å². The summed E-state index contributed by atoms with van der Waals surface area (Å²) in [6.45, 7) is 3.07. The molecule has 0 spiro atoms. The van der Waals surface area contributed by atoms with Gasteiger partial charge in [-0.05, 0) is 29.3 Å². The lowest BCUT2D eigenvalue weighted by Gasteiger charge is -2.34. The first kappa shape index (κ1) is 23.9. The van der Waals surface area contributed by atoms with Crippen molar-refractivity contribution in [1.82, 2.24) is 9.21 Å².